The molecule has 1 N–H and O–H groups in total. The first-order chi connectivity index (χ1) is 6.41. The van der Waals surface area contributed by atoms with Crippen LogP contribution in [0.1, 0.15) is 32.1 Å². The van der Waals surface area contributed by atoms with Gasteiger partial charge in [0, 0.05) is 10.5 Å². The van der Waals surface area contributed by atoms with Crippen molar-refractivity contribution in [1.29, 1.82) is 0 Å². The Morgan fingerprint density at radius 2 is 1.64 bits per heavy atom. The van der Waals surface area contributed by atoms with Gasteiger partial charge in [-0.1, -0.05) is 6.42 Å². The molecular formula is C9H13F3OS. The van der Waals surface area contributed by atoms with Gasteiger partial charge >= 0.3 is 6.18 Å². The third-order valence-corrected chi connectivity index (χ3v) is 4.67. The highest BCUT2D eigenvalue weighted by Gasteiger charge is 2.57. The number of hydrogen-bond donors (Lipinski definition) is 1. The van der Waals surface area contributed by atoms with Crippen molar-refractivity contribution in [2.24, 2.45) is 0 Å². The standard InChI is InChI=1S/C9H13F3OS/c10-9(11,12)8(13)4-6-2-1-3-7(5-8)14-6/h6-7,13H,1-5H2. The molecule has 2 aliphatic rings. The van der Waals surface area contributed by atoms with Crippen molar-refractivity contribution in [3.8, 4) is 0 Å². The maximum absolute atomic E-state index is 12.6. The zero-order valence-electron chi connectivity index (χ0n) is 7.68. The number of hydrogen-bond acceptors (Lipinski definition) is 2. The molecule has 2 aliphatic heterocycles. The molecule has 0 saturated carbocycles. The molecule has 82 valence electrons. The van der Waals surface area contributed by atoms with Crippen molar-refractivity contribution >= 4 is 11.8 Å². The fourth-order valence-corrected chi connectivity index (χ4v) is 4.24. The Hall–Kier alpha value is 0.100. The maximum Gasteiger partial charge on any atom is 0.417 e. The molecule has 1 nitrogen and oxygen atoms in total. The molecule has 0 aromatic heterocycles. The molecule has 2 unspecified atom stereocenters. The van der Waals surface area contributed by atoms with E-state index in [1.54, 1.807) is 11.8 Å². The van der Waals surface area contributed by atoms with E-state index in [0.29, 0.717) is 0 Å². The lowest BCUT2D eigenvalue weighted by Crippen LogP contribution is -2.52. The first-order valence-corrected chi connectivity index (χ1v) is 5.79. The minimum Gasteiger partial charge on any atom is -0.380 e. The molecular weight excluding hydrogens is 213 g/mol. The second-order valence-electron chi connectivity index (χ2n) is 4.25. The normalized spacial score (nSPS) is 43.7. The van der Waals surface area contributed by atoms with Crippen LogP contribution in [0.15, 0.2) is 0 Å². The SMILES string of the molecule is OC1(C(F)(F)F)CC2CCCC(C1)S2. The number of halogens is 3. The Morgan fingerprint density at radius 1 is 1.14 bits per heavy atom. The van der Waals surface area contributed by atoms with E-state index in [2.05, 4.69) is 0 Å². The summed E-state index contributed by atoms with van der Waals surface area (Å²) >= 11 is 1.63. The van der Waals surface area contributed by atoms with Crippen LogP contribution >= 0.6 is 11.8 Å². The molecule has 0 aromatic rings. The van der Waals surface area contributed by atoms with Crippen LogP contribution in [0.4, 0.5) is 13.2 Å². The third kappa shape index (κ3) is 1.76. The number of fused-ring (bicyclic) bond motifs is 2. The lowest BCUT2D eigenvalue weighted by molar-refractivity contribution is -0.266. The minimum atomic E-state index is -4.46. The van der Waals surface area contributed by atoms with E-state index in [4.69, 9.17) is 0 Å². The van der Waals surface area contributed by atoms with E-state index < -0.39 is 11.8 Å². The van der Waals surface area contributed by atoms with Crippen LogP contribution in [0.2, 0.25) is 0 Å². The van der Waals surface area contributed by atoms with Gasteiger partial charge in [0.15, 0.2) is 5.60 Å². The highest BCUT2D eigenvalue weighted by atomic mass is 32.2. The molecule has 2 heterocycles. The van der Waals surface area contributed by atoms with Gasteiger partial charge in [0.1, 0.15) is 0 Å². The smallest absolute Gasteiger partial charge is 0.380 e. The Bertz CT molecular complexity index is 217. The van der Waals surface area contributed by atoms with E-state index in [9.17, 15) is 18.3 Å². The fraction of sp³-hybridized carbons (Fsp3) is 1.00. The van der Waals surface area contributed by atoms with E-state index in [-0.39, 0.29) is 23.3 Å². The number of aliphatic hydroxyl groups is 1. The van der Waals surface area contributed by atoms with Crippen LogP contribution < -0.4 is 0 Å². The minimum absolute atomic E-state index is 0.00845. The van der Waals surface area contributed by atoms with Crippen LogP contribution in [0.25, 0.3) is 0 Å². The van der Waals surface area contributed by atoms with Gasteiger partial charge in [-0.15, -0.1) is 0 Å². The molecule has 2 atom stereocenters. The van der Waals surface area contributed by atoms with Crippen LogP contribution in [0.5, 0.6) is 0 Å². The zero-order chi connectivity index (χ0) is 10.4. The first-order valence-electron chi connectivity index (χ1n) is 4.85. The summed E-state index contributed by atoms with van der Waals surface area (Å²) in [5, 5.41) is 9.59. The van der Waals surface area contributed by atoms with Gasteiger partial charge in [0.2, 0.25) is 0 Å². The fourth-order valence-electron chi connectivity index (χ4n) is 2.35. The average molecular weight is 226 g/mol. The summed E-state index contributed by atoms with van der Waals surface area (Å²) in [6.07, 6.45) is -2.04. The summed E-state index contributed by atoms with van der Waals surface area (Å²) in [6, 6.07) is 0. The summed E-state index contributed by atoms with van der Waals surface area (Å²) in [7, 11) is 0. The molecule has 2 rings (SSSR count). The lowest BCUT2D eigenvalue weighted by atomic mass is 9.85. The highest BCUT2D eigenvalue weighted by Crippen LogP contribution is 2.50. The van der Waals surface area contributed by atoms with Crippen LogP contribution in [0, 0.1) is 0 Å². The lowest BCUT2D eigenvalue weighted by Gasteiger charge is -2.44. The third-order valence-electron chi connectivity index (χ3n) is 3.10. The van der Waals surface area contributed by atoms with E-state index >= 15 is 0 Å². The van der Waals surface area contributed by atoms with Crippen molar-refractivity contribution < 1.29 is 18.3 Å². The molecule has 0 spiro atoms. The van der Waals surface area contributed by atoms with Crippen LogP contribution in [-0.2, 0) is 0 Å². The van der Waals surface area contributed by atoms with Gasteiger partial charge < -0.3 is 5.11 Å². The number of thioether (sulfide) groups is 1. The van der Waals surface area contributed by atoms with Crippen LogP contribution in [0.3, 0.4) is 0 Å². The molecule has 2 saturated heterocycles. The molecule has 2 bridgehead atoms. The summed E-state index contributed by atoms with van der Waals surface area (Å²) < 4.78 is 37.7. The largest absolute Gasteiger partial charge is 0.417 e. The second-order valence-corrected chi connectivity index (χ2v) is 5.85. The van der Waals surface area contributed by atoms with Gasteiger partial charge in [0.25, 0.3) is 0 Å². The Balaban J connectivity index is 2.15. The van der Waals surface area contributed by atoms with Crippen molar-refractivity contribution in [1.82, 2.24) is 0 Å². The van der Waals surface area contributed by atoms with Crippen molar-refractivity contribution in [2.75, 3.05) is 0 Å². The molecule has 0 radical (unpaired) electrons. The quantitative estimate of drug-likeness (QED) is 0.685. The van der Waals surface area contributed by atoms with Gasteiger partial charge in [-0.05, 0) is 25.7 Å². The number of rotatable bonds is 0. The van der Waals surface area contributed by atoms with Crippen molar-refractivity contribution in [3.63, 3.8) is 0 Å². The highest BCUT2D eigenvalue weighted by molar-refractivity contribution is 8.00. The monoisotopic (exact) mass is 226 g/mol. The maximum atomic E-state index is 12.6. The predicted molar refractivity (Wildman–Crippen MR) is 49.3 cm³/mol. The Labute approximate surface area is 85.1 Å². The molecule has 0 aliphatic carbocycles. The summed E-state index contributed by atoms with van der Waals surface area (Å²) in [5.41, 5.74) is -2.41. The Morgan fingerprint density at radius 3 is 2.07 bits per heavy atom. The molecule has 0 amide bonds. The van der Waals surface area contributed by atoms with Gasteiger partial charge in [-0.25, -0.2) is 0 Å². The average Bonchev–Trinajstić information content (AvgIpc) is 2.00. The van der Waals surface area contributed by atoms with Crippen molar-refractivity contribution in [3.05, 3.63) is 0 Å². The summed E-state index contributed by atoms with van der Waals surface area (Å²) in [5.74, 6) is 0. The molecule has 0 aromatic carbocycles. The van der Waals surface area contributed by atoms with E-state index in [1.807, 2.05) is 0 Å². The first kappa shape index (κ1) is 10.6. The van der Waals surface area contributed by atoms with Crippen LogP contribution in [-0.4, -0.2) is 27.4 Å². The topological polar surface area (TPSA) is 20.2 Å². The molecule has 14 heavy (non-hydrogen) atoms. The second kappa shape index (κ2) is 3.30. The van der Waals surface area contributed by atoms with Gasteiger partial charge in [-0.3, -0.25) is 0 Å². The molecule has 5 heteroatoms. The predicted octanol–water partition coefficient (Wildman–Crippen LogP) is 2.73. The Kier molecular flexibility index (Phi) is 2.50. The summed E-state index contributed by atoms with van der Waals surface area (Å²) in [4.78, 5) is 0. The number of alkyl halides is 3. The van der Waals surface area contributed by atoms with Gasteiger partial charge in [0.05, 0.1) is 0 Å². The zero-order valence-corrected chi connectivity index (χ0v) is 8.50. The van der Waals surface area contributed by atoms with E-state index in [0.717, 1.165) is 19.3 Å². The van der Waals surface area contributed by atoms with Crippen molar-refractivity contribution in [2.45, 2.75) is 54.4 Å². The van der Waals surface area contributed by atoms with Gasteiger partial charge in [-0.2, -0.15) is 24.9 Å². The molecule has 2 fully saturated rings. The van der Waals surface area contributed by atoms with E-state index in [1.165, 1.54) is 0 Å². The summed E-state index contributed by atoms with van der Waals surface area (Å²) in [6.45, 7) is 0.